The molecule has 0 aliphatic heterocycles. The van der Waals surface area contributed by atoms with E-state index in [-0.39, 0.29) is 36.4 Å². The molecular weight excluding hydrogens is 298 g/mol. The fourth-order valence-electron chi connectivity index (χ4n) is 1.86. The molecule has 7 heteroatoms. The van der Waals surface area contributed by atoms with Gasteiger partial charge in [-0.25, -0.2) is 0 Å². The van der Waals surface area contributed by atoms with E-state index in [2.05, 4.69) is 16.0 Å². The Labute approximate surface area is 133 Å². The van der Waals surface area contributed by atoms with Gasteiger partial charge in [0.05, 0.1) is 6.26 Å². The molecule has 0 saturated carbocycles. The van der Waals surface area contributed by atoms with Crippen LogP contribution >= 0.6 is 0 Å². The third-order valence-electron chi connectivity index (χ3n) is 3.04. The van der Waals surface area contributed by atoms with Crippen molar-refractivity contribution in [2.75, 3.05) is 18.9 Å². The second kappa shape index (κ2) is 7.79. The van der Waals surface area contributed by atoms with Crippen LogP contribution in [0, 0.1) is 0 Å². The van der Waals surface area contributed by atoms with Gasteiger partial charge in [0.1, 0.15) is 0 Å². The fourth-order valence-corrected chi connectivity index (χ4v) is 1.86. The highest BCUT2D eigenvalue weighted by atomic mass is 16.3. The van der Waals surface area contributed by atoms with Crippen molar-refractivity contribution >= 4 is 23.4 Å². The van der Waals surface area contributed by atoms with Crippen LogP contribution in [0.4, 0.5) is 5.69 Å². The van der Waals surface area contributed by atoms with E-state index in [0.29, 0.717) is 11.3 Å². The van der Waals surface area contributed by atoms with Crippen LogP contribution in [-0.2, 0) is 4.79 Å². The van der Waals surface area contributed by atoms with Crippen molar-refractivity contribution in [3.63, 3.8) is 0 Å². The highest BCUT2D eigenvalue weighted by molar-refractivity contribution is 5.96. The van der Waals surface area contributed by atoms with Crippen LogP contribution in [0.15, 0.2) is 47.1 Å². The van der Waals surface area contributed by atoms with Crippen LogP contribution in [0.1, 0.15) is 27.3 Å². The van der Waals surface area contributed by atoms with Crippen LogP contribution < -0.4 is 16.0 Å². The molecule has 0 spiro atoms. The molecule has 120 valence electrons. The third kappa shape index (κ3) is 4.70. The number of furan rings is 1. The molecule has 7 nitrogen and oxygen atoms in total. The minimum Gasteiger partial charge on any atom is -0.459 e. The number of carbonyl (C=O) groups excluding carboxylic acids is 3. The van der Waals surface area contributed by atoms with Gasteiger partial charge in [-0.3, -0.25) is 14.4 Å². The summed E-state index contributed by atoms with van der Waals surface area (Å²) in [6.45, 7) is 0.196. The summed E-state index contributed by atoms with van der Waals surface area (Å²) < 4.78 is 4.94. The summed E-state index contributed by atoms with van der Waals surface area (Å²) in [5.74, 6) is -0.589. The number of anilines is 1. The minimum atomic E-state index is -0.363. The molecule has 0 bridgehead atoms. The van der Waals surface area contributed by atoms with Gasteiger partial charge in [0.15, 0.2) is 5.76 Å². The molecule has 0 unspecified atom stereocenters. The molecule has 0 saturated heterocycles. The maximum atomic E-state index is 11.8. The zero-order valence-electron chi connectivity index (χ0n) is 12.6. The average molecular weight is 315 g/mol. The number of nitrogens with one attached hydrogen (secondary N) is 3. The van der Waals surface area contributed by atoms with Crippen LogP contribution in [0.3, 0.4) is 0 Å². The Kier molecular flexibility index (Phi) is 5.51. The van der Waals surface area contributed by atoms with Gasteiger partial charge in [0, 0.05) is 31.3 Å². The Morgan fingerprint density at radius 1 is 1.04 bits per heavy atom. The van der Waals surface area contributed by atoms with Gasteiger partial charge in [-0.2, -0.15) is 0 Å². The summed E-state index contributed by atoms with van der Waals surface area (Å²) in [5.41, 5.74) is 1.09. The molecule has 3 N–H and O–H groups in total. The Hall–Kier alpha value is -3.09. The summed E-state index contributed by atoms with van der Waals surface area (Å²) in [7, 11) is 1.55. The number of amides is 3. The van der Waals surface area contributed by atoms with Gasteiger partial charge in [-0.1, -0.05) is 0 Å². The largest absolute Gasteiger partial charge is 0.459 e. The molecule has 1 aromatic carbocycles. The number of hydrogen-bond acceptors (Lipinski definition) is 4. The van der Waals surface area contributed by atoms with Gasteiger partial charge < -0.3 is 20.4 Å². The van der Waals surface area contributed by atoms with E-state index >= 15 is 0 Å². The smallest absolute Gasteiger partial charge is 0.286 e. The van der Waals surface area contributed by atoms with Crippen molar-refractivity contribution < 1.29 is 18.8 Å². The second-order valence-electron chi connectivity index (χ2n) is 4.69. The highest BCUT2D eigenvalue weighted by Crippen LogP contribution is 2.09. The molecule has 3 amide bonds. The number of benzene rings is 1. The van der Waals surface area contributed by atoms with Gasteiger partial charge in [-0.05, 0) is 36.4 Å². The number of carbonyl (C=O) groups is 3. The maximum Gasteiger partial charge on any atom is 0.286 e. The van der Waals surface area contributed by atoms with Gasteiger partial charge in [0.25, 0.3) is 11.8 Å². The lowest BCUT2D eigenvalue weighted by molar-refractivity contribution is -0.116. The molecule has 1 aromatic heterocycles. The van der Waals surface area contributed by atoms with Gasteiger partial charge in [0.2, 0.25) is 5.91 Å². The minimum absolute atomic E-state index is 0.129. The summed E-state index contributed by atoms with van der Waals surface area (Å²) in [4.78, 5) is 34.8. The standard InChI is InChI=1S/C16H17N3O4/c1-17-15(21)11-4-6-12(7-5-11)19-14(20)8-9-18-16(22)13-3-2-10-23-13/h2-7,10H,8-9H2,1H3,(H,17,21)(H,18,22)(H,19,20). The Bertz CT molecular complexity index is 678. The number of rotatable bonds is 6. The Morgan fingerprint density at radius 3 is 2.39 bits per heavy atom. The molecular formula is C16H17N3O4. The summed E-state index contributed by atoms with van der Waals surface area (Å²) in [6.07, 6.45) is 1.54. The van der Waals surface area contributed by atoms with Crippen molar-refractivity contribution in [3.05, 3.63) is 54.0 Å². The topological polar surface area (TPSA) is 100 Å². The molecule has 0 fully saturated rings. The molecule has 2 rings (SSSR count). The monoisotopic (exact) mass is 315 g/mol. The average Bonchev–Trinajstić information content (AvgIpc) is 3.09. The maximum absolute atomic E-state index is 11.8. The normalized spacial score (nSPS) is 9.96. The van der Waals surface area contributed by atoms with Gasteiger partial charge >= 0.3 is 0 Å². The highest BCUT2D eigenvalue weighted by Gasteiger charge is 2.09. The van der Waals surface area contributed by atoms with E-state index in [0.717, 1.165) is 0 Å². The predicted octanol–water partition coefficient (Wildman–Crippen LogP) is 1.40. The second-order valence-corrected chi connectivity index (χ2v) is 4.69. The van der Waals surface area contributed by atoms with E-state index in [1.54, 1.807) is 43.4 Å². The van der Waals surface area contributed by atoms with E-state index in [4.69, 9.17) is 4.42 Å². The van der Waals surface area contributed by atoms with Crippen molar-refractivity contribution in [1.29, 1.82) is 0 Å². The van der Waals surface area contributed by atoms with Crippen LogP contribution in [0.5, 0.6) is 0 Å². The molecule has 0 atom stereocenters. The van der Waals surface area contributed by atoms with E-state index in [1.165, 1.54) is 6.26 Å². The van der Waals surface area contributed by atoms with Crippen molar-refractivity contribution in [1.82, 2.24) is 10.6 Å². The molecule has 23 heavy (non-hydrogen) atoms. The third-order valence-corrected chi connectivity index (χ3v) is 3.04. The zero-order valence-corrected chi connectivity index (χ0v) is 12.6. The van der Waals surface area contributed by atoms with Gasteiger partial charge in [-0.15, -0.1) is 0 Å². The van der Waals surface area contributed by atoms with Crippen molar-refractivity contribution in [2.24, 2.45) is 0 Å². The first-order chi connectivity index (χ1) is 11.1. The molecule has 1 heterocycles. The van der Waals surface area contributed by atoms with E-state index in [9.17, 15) is 14.4 Å². The number of hydrogen-bond donors (Lipinski definition) is 3. The lowest BCUT2D eigenvalue weighted by Gasteiger charge is -2.07. The van der Waals surface area contributed by atoms with Crippen LogP contribution in [0.2, 0.25) is 0 Å². The quantitative estimate of drug-likeness (QED) is 0.750. The first-order valence-electron chi connectivity index (χ1n) is 7.04. The molecule has 2 aromatic rings. The first kappa shape index (κ1) is 16.3. The SMILES string of the molecule is CNC(=O)c1ccc(NC(=O)CCNC(=O)c2ccco2)cc1. The van der Waals surface area contributed by atoms with Crippen LogP contribution in [-0.4, -0.2) is 31.3 Å². The zero-order chi connectivity index (χ0) is 16.7. The molecule has 0 aliphatic carbocycles. The fraction of sp³-hybridized carbons (Fsp3) is 0.188. The summed E-state index contributed by atoms with van der Waals surface area (Å²) in [6, 6.07) is 9.68. The summed E-state index contributed by atoms with van der Waals surface area (Å²) in [5, 5.41) is 7.79. The lowest BCUT2D eigenvalue weighted by atomic mass is 10.2. The Balaban J connectivity index is 1.76. The predicted molar refractivity (Wildman–Crippen MR) is 84.1 cm³/mol. The van der Waals surface area contributed by atoms with Crippen molar-refractivity contribution in [3.8, 4) is 0 Å². The molecule has 0 aliphatic rings. The summed E-state index contributed by atoms with van der Waals surface area (Å²) >= 11 is 0. The van der Waals surface area contributed by atoms with E-state index < -0.39 is 0 Å². The van der Waals surface area contributed by atoms with Crippen LogP contribution in [0.25, 0.3) is 0 Å². The van der Waals surface area contributed by atoms with E-state index in [1.807, 2.05) is 0 Å². The lowest BCUT2D eigenvalue weighted by Crippen LogP contribution is -2.27. The Morgan fingerprint density at radius 2 is 1.78 bits per heavy atom. The van der Waals surface area contributed by atoms with Crippen molar-refractivity contribution in [2.45, 2.75) is 6.42 Å². The molecule has 0 radical (unpaired) electrons. The first-order valence-corrected chi connectivity index (χ1v) is 7.04.